The zero-order chi connectivity index (χ0) is 11.7. The van der Waals surface area contributed by atoms with Gasteiger partial charge in [-0.15, -0.1) is 0 Å². The molecule has 1 aromatic heterocycles. The van der Waals surface area contributed by atoms with Gasteiger partial charge in [0.15, 0.2) is 0 Å². The van der Waals surface area contributed by atoms with Crippen molar-refractivity contribution in [1.29, 1.82) is 0 Å². The number of pyridine rings is 1. The van der Waals surface area contributed by atoms with Gasteiger partial charge in [0.2, 0.25) is 0 Å². The number of aromatic nitrogens is 1. The fourth-order valence-corrected chi connectivity index (χ4v) is 1.73. The van der Waals surface area contributed by atoms with Crippen molar-refractivity contribution in [3.05, 3.63) is 29.7 Å². The van der Waals surface area contributed by atoms with E-state index >= 15 is 0 Å². The molecule has 0 spiro atoms. The summed E-state index contributed by atoms with van der Waals surface area (Å²) >= 11 is 0. The lowest BCUT2D eigenvalue weighted by molar-refractivity contribution is 0.630. The molecule has 0 unspecified atom stereocenters. The maximum atomic E-state index is 14.0. The Balaban J connectivity index is 2.83. The number of rotatable bonds is 2. The van der Waals surface area contributed by atoms with Crippen molar-refractivity contribution in [2.75, 3.05) is 17.6 Å². The van der Waals surface area contributed by atoms with Crippen LogP contribution in [0.2, 0.25) is 0 Å². The molecule has 16 heavy (non-hydrogen) atoms. The van der Waals surface area contributed by atoms with E-state index in [9.17, 15) is 4.39 Å². The molecule has 84 valence electrons. The summed E-state index contributed by atoms with van der Waals surface area (Å²) in [6.07, 6.45) is 1.55. The molecule has 0 saturated heterocycles. The van der Waals surface area contributed by atoms with Gasteiger partial charge in [-0.2, -0.15) is 0 Å². The molecule has 1 heterocycles. The first-order valence-electron chi connectivity index (χ1n) is 5.22. The standard InChI is InChI=1S/C12H14FN3/c1-3-15-12-8(14)6-16-9-5-4-7(2)11(13)10(9)12/h4-6H,3,14H2,1-2H3,(H,15,16). The van der Waals surface area contributed by atoms with E-state index in [2.05, 4.69) is 10.3 Å². The molecule has 0 aliphatic rings. The second-order valence-corrected chi connectivity index (χ2v) is 3.71. The van der Waals surface area contributed by atoms with Crippen LogP contribution in [-0.2, 0) is 0 Å². The van der Waals surface area contributed by atoms with E-state index in [-0.39, 0.29) is 5.82 Å². The first kappa shape index (κ1) is 10.7. The van der Waals surface area contributed by atoms with Crippen LogP contribution in [0.25, 0.3) is 10.9 Å². The molecule has 0 bridgehead atoms. The number of hydrogen-bond donors (Lipinski definition) is 2. The Morgan fingerprint density at radius 3 is 2.88 bits per heavy atom. The van der Waals surface area contributed by atoms with Crippen LogP contribution in [0.4, 0.5) is 15.8 Å². The van der Waals surface area contributed by atoms with Crippen molar-refractivity contribution in [1.82, 2.24) is 4.98 Å². The number of anilines is 2. The molecule has 0 aliphatic carbocycles. The molecule has 3 nitrogen and oxygen atoms in total. The van der Waals surface area contributed by atoms with E-state index in [0.717, 1.165) is 0 Å². The molecular weight excluding hydrogens is 205 g/mol. The topological polar surface area (TPSA) is 50.9 Å². The Bertz CT molecular complexity index is 532. The van der Waals surface area contributed by atoms with Gasteiger partial charge < -0.3 is 11.1 Å². The zero-order valence-electron chi connectivity index (χ0n) is 9.34. The molecule has 4 heteroatoms. The predicted octanol–water partition coefficient (Wildman–Crippen LogP) is 2.70. The Hall–Kier alpha value is -1.84. The Kier molecular flexibility index (Phi) is 2.64. The fraction of sp³-hybridized carbons (Fsp3) is 0.250. The summed E-state index contributed by atoms with van der Waals surface area (Å²) in [5.41, 5.74) is 8.12. The van der Waals surface area contributed by atoms with Crippen molar-refractivity contribution >= 4 is 22.3 Å². The molecule has 3 N–H and O–H groups in total. The lowest BCUT2D eigenvalue weighted by atomic mass is 10.1. The van der Waals surface area contributed by atoms with Gasteiger partial charge in [0.25, 0.3) is 0 Å². The molecule has 2 rings (SSSR count). The number of nitrogens with two attached hydrogens (primary N) is 1. The van der Waals surface area contributed by atoms with E-state index in [4.69, 9.17) is 5.73 Å². The average molecular weight is 219 g/mol. The SMILES string of the molecule is CCNc1c(N)cnc2ccc(C)c(F)c12. The smallest absolute Gasteiger partial charge is 0.137 e. The second-order valence-electron chi connectivity index (χ2n) is 3.71. The van der Waals surface area contributed by atoms with E-state index < -0.39 is 0 Å². The van der Waals surface area contributed by atoms with Gasteiger partial charge in [-0.3, -0.25) is 4.98 Å². The van der Waals surface area contributed by atoms with Crippen molar-refractivity contribution < 1.29 is 4.39 Å². The number of benzene rings is 1. The predicted molar refractivity (Wildman–Crippen MR) is 65.0 cm³/mol. The summed E-state index contributed by atoms with van der Waals surface area (Å²) < 4.78 is 14.0. The summed E-state index contributed by atoms with van der Waals surface area (Å²) in [5.74, 6) is -0.256. The number of nitrogen functional groups attached to an aromatic ring is 1. The van der Waals surface area contributed by atoms with E-state index in [1.165, 1.54) is 0 Å². The lowest BCUT2D eigenvalue weighted by Crippen LogP contribution is -2.04. The summed E-state index contributed by atoms with van der Waals surface area (Å²) in [5, 5.41) is 3.56. The maximum Gasteiger partial charge on any atom is 0.137 e. The Labute approximate surface area is 93.5 Å². The van der Waals surface area contributed by atoms with Crippen molar-refractivity contribution in [2.45, 2.75) is 13.8 Å². The molecule has 0 radical (unpaired) electrons. The maximum absolute atomic E-state index is 14.0. The number of halogens is 1. The highest BCUT2D eigenvalue weighted by molar-refractivity contribution is 5.97. The van der Waals surface area contributed by atoms with Gasteiger partial charge in [0, 0.05) is 6.54 Å². The third-order valence-corrected chi connectivity index (χ3v) is 2.55. The molecule has 0 saturated carbocycles. The molecule has 0 amide bonds. The minimum atomic E-state index is -0.256. The quantitative estimate of drug-likeness (QED) is 0.816. The van der Waals surface area contributed by atoms with E-state index in [1.54, 1.807) is 25.3 Å². The van der Waals surface area contributed by atoms with Crippen LogP contribution in [0, 0.1) is 12.7 Å². The Morgan fingerprint density at radius 2 is 2.19 bits per heavy atom. The largest absolute Gasteiger partial charge is 0.396 e. The highest BCUT2D eigenvalue weighted by Crippen LogP contribution is 2.31. The molecular formula is C12H14FN3. The number of aryl methyl sites for hydroxylation is 1. The van der Waals surface area contributed by atoms with Crippen LogP contribution in [0.1, 0.15) is 12.5 Å². The summed E-state index contributed by atoms with van der Waals surface area (Å²) in [6.45, 7) is 4.36. The van der Waals surface area contributed by atoms with Gasteiger partial charge in [0.1, 0.15) is 5.82 Å². The van der Waals surface area contributed by atoms with Gasteiger partial charge >= 0.3 is 0 Å². The van der Waals surface area contributed by atoms with E-state index in [0.29, 0.717) is 34.4 Å². The number of fused-ring (bicyclic) bond motifs is 1. The number of nitrogens with zero attached hydrogens (tertiary/aromatic N) is 1. The lowest BCUT2D eigenvalue weighted by Gasteiger charge is -2.12. The first-order valence-corrected chi connectivity index (χ1v) is 5.22. The van der Waals surface area contributed by atoms with Crippen molar-refractivity contribution in [3.63, 3.8) is 0 Å². The van der Waals surface area contributed by atoms with E-state index in [1.807, 2.05) is 6.92 Å². The van der Waals surface area contributed by atoms with Crippen LogP contribution in [0.15, 0.2) is 18.3 Å². The normalized spacial score (nSPS) is 10.7. The van der Waals surface area contributed by atoms with Crippen LogP contribution in [-0.4, -0.2) is 11.5 Å². The Morgan fingerprint density at radius 1 is 1.44 bits per heavy atom. The monoisotopic (exact) mass is 219 g/mol. The number of nitrogens with one attached hydrogen (secondary N) is 1. The van der Waals surface area contributed by atoms with Gasteiger partial charge in [0.05, 0.1) is 28.5 Å². The summed E-state index contributed by atoms with van der Waals surface area (Å²) in [4.78, 5) is 4.12. The van der Waals surface area contributed by atoms with Crippen LogP contribution < -0.4 is 11.1 Å². The van der Waals surface area contributed by atoms with Gasteiger partial charge in [-0.25, -0.2) is 4.39 Å². The summed E-state index contributed by atoms with van der Waals surface area (Å²) in [7, 11) is 0. The highest BCUT2D eigenvalue weighted by Gasteiger charge is 2.12. The first-order chi connectivity index (χ1) is 7.65. The van der Waals surface area contributed by atoms with Crippen LogP contribution in [0.5, 0.6) is 0 Å². The minimum Gasteiger partial charge on any atom is -0.396 e. The molecule has 1 aromatic carbocycles. The number of hydrogen-bond acceptors (Lipinski definition) is 3. The third kappa shape index (κ3) is 1.56. The minimum absolute atomic E-state index is 0.256. The van der Waals surface area contributed by atoms with Gasteiger partial charge in [-0.05, 0) is 25.5 Å². The third-order valence-electron chi connectivity index (χ3n) is 2.55. The van der Waals surface area contributed by atoms with Gasteiger partial charge in [-0.1, -0.05) is 6.07 Å². The summed E-state index contributed by atoms with van der Waals surface area (Å²) in [6, 6.07) is 3.52. The zero-order valence-corrected chi connectivity index (χ0v) is 9.34. The highest BCUT2D eigenvalue weighted by atomic mass is 19.1. The molecule has 0 fully saturated rings. The van der Waals surface area contributed by atoms with Crippen LogP contribution >= 0.6 is 0 Å². The molecule has 2 aromatic rings. The molecule has 0 atom stereocenters. The average Bonchev–Trinajstić information content (AvgIpc) is 2.27. The molecule has 0 aliphatic heterocycles. The second kappa shape index (κ2) is 3.96. The van der Waals surface area contributed by atoms with Crippen molar-refractivity contribution in [3.8, 4) is 0 Å². The fourth-order valence-electron chi connectivity index (χ4n) is 1.73. The van der Waals surface area contributed by atoms with Crippen LogP contribution in [0.3, 0.4) is 0 Å². The van der Waals surface area contributed by atoms with Crippen molar-refractivity contribution in [2.24, 2.45) is 0 Å².